The van der Waals surface area contributed by atoms with Gasteiger partial charge in [-0.15, -0.1) is 0 Å². The second-order valence-corrected chi connectivity index (χ2v) is 11.3. The Morgan fingerprint density at radius 2 is 2.00 bits per heavy atom. The van der Waals surface area contributed by atoms with E-state index >= 15 is 0 Å². The summed E-state index contributed by atoms with van der Waals surface area (Å²) in [7, 11) is 0.299. The van der Waals surface area contributed by atoms with Crippen molar-refractivity contribution in [2.75, 3.05) is 0 Å². The molecule has 0 aliphatic carbocycles. The first-order valence-corrected chi connectivity index (χ1v) is 9.52. The van der Waals surface area contributed by atoms with Crippen LogP contribution in [0, 0.1) is 0 Å². The highest BCUT2D eigenvalue weighted by molar-refractivity contribution is 6.74. The van der Waals surface area contributed by atoms with Crippen LogP contribution in [0.5, 0.6) is 0 Å². The molecule has 2 aromatic rings. The standard InChI is InChI=1S/C14H23N3OSi/c1-14(2,3)19(5,6)18-10-13-16-11-9-15-8-7-12(11)17(13)4/h7-9H,10H2,1-6H3. The molecule has 0 spiro atoms. The zero-order valence-corrected chi connectivity index (χ0v) is 13.7. The summed E-state index contributed by atoms with van der Waals surface area (Å²) in [6.07, 6.45) is 3.59. The van der Waals surface area contributed by atoms with Crippen LogP contribution in [0.1, 0.15) is 26.6 Å². The van der Waals surface area contributed by atoms with E-state index in [-0.39, 0.29) is 5.04 Å². The molecule has 0 aliphatic heterocycles. The Kier molecular flexibility index (Phi) is 3.53. The topological polar surface area (TPSA) is 39.9 Å². The molecular formula is C14H23N3OSi. The summed E-state index contributed by atoms with van der Waals surface area (Å²) in [5.41, 5.74) is 2.03. The molecule has 5 heteroatoms. The number of hydrogen-bond donors (Lipinski definition) is 0. The average molecular weight is 277 g/mol. The maximum atomic E-state index is 6.23. The molecule has 0 saturated carbocycles. The maximum absolute atomic E-state index is 6.23. The van der Waals surface area contributed by atoms with Crippen molar-refractivity contribution in [2.45, 2.75) is 45.5 Å². The van der Waals surface area contributed by atoms with E-state index in [1.54, 1.807) is 12.4 Å². The number of pyridine rings is 1. The Balaban J connectivity index is 2.21. The summed E-state index contributed by atoms with van der Waals surface area (Å²) >= 11 is 0. The highest BCUT2D eigenvalue weighted by atomic mass is 28.4. The molecule has 0 unspecified atom stereocenters. The van der Waals surface area contributed by atoms with Gasteiger partial charge in [-0.1, -0.05) is 20.8 Å². The van der Waals surface area contributed by atoms with Gasteiger partial charge in [0.15, 0.2) is 8.32 Å². The number of hydrogen-bond acceptors (Lipinski definition) is 3. The van der Waals surface area contributed by atoms with Crippen molar-refractivity contribution in [3.8, 4) is 0 Å². The molecule has 2 aromatic heterocycles. The molecule has 0 bridgehead atoms. The monoisotopic (exact) mass is 277 g/mol. The predicted octanol–water partition coefficient (Wildman–Crippen LogP) is 3.49. The lowest BCUT2D eigenvalue weighted by atomic mass is 10.2. The maximum Gasteiger partial charge on any atom is 0.192 e. The van der Waals surface area contributed by atoms with Crippen LogP contribution in [0.3, 0.4) is 0 Å². The van der Waals surface area contributed by atoms with E-state index in [1.807, 2.05) is 13.1 Å². The molecule has 19 heavy (non-hydrogen) atoms. The zero-order valence-electron chi connectivity index (χ0n) is 12.7. The minimum atomic E-state index is -1.73. The summed E-state index contributed by atoms with van der Waals surface area (Å²) in [4.78, 5) is 8.70. The Morgan fingerprint density at radius 1 is 1.32 bits per heavy atom. The van der Waals surface area contributed by atoms with Gasteiger partial charge in [-0.25, -0.2) is 4.98 Å². The van der Waals surface area contributed by atoms with Crippen LogP contribution >= 0.6 is 0 Å². The number of aromatic nitrogens is 3. The van der Waals surface area contributed by atoms with Crippen molar-refractivity contribution >= 4 is 19.4 Å². The highest BCUT2D eigenvalue weighted by Gasteiger charge is 2.37. The third-order valence-corrected chi connectivity index (χ3v) is 8.62. The van der Waals surface area contributed by atoms with Crippen LogP contribution in [0.4, 0.5) is 0 Å². The van der Waals surface area contributed by atoms with E-state index in [2.05, 4.69) is 48.4 Å². The fourth-order valence-electron chi connectivity index (χ4n) is 1.69. The number of fused-ring (bicyclic) bond motifs is 1. The normalized spacial score (nSPS) is 13.2. The van der Waals surface area contributed by atoms with Crippen LogP contribution in [0.2, 0.25) is 18.1 Å². The van der Waals surface area contributed by atoms with Crippen molar-refractivity contribution in [1.29, 1.82) is 0 Å². The summed E-state index contributed by atoms with van der Waals surface area (Å²) in [6.45, 7) is 11.8. The summed E-state index contributed by atoms with van der Waals surface area (Å²) < 4.78 is 8.31. The summed E-state index contributed by atoms with van der Waals surface area (Å²) in [5.74, 6) is 0.966. The van der Waals surface area contributed by atoms with E-state index in [0.717, 1.165) is 16.9 Å². The Bertz CT molecular complexity index is 584. The summed E-state index contributed by atoms with van der Waals surface area (Å²) in [5, 5.41) is 0.221. The van der Waals surface area contributed by atoms with Crippen molar-refractivity contribution in [3.63, 3.8) is 0 Å². The average Bonchev–Trinajstić information content (AvgIpc) is 2.63. The molecule has 0 fully saturated rings. The Morgan fingerprint density at radius 3 is 2.58 bits per heavy atom. The SMILES string of the molecule is Cn1c(CO[Si](C)(C)C(C)(C)C)nc2cnccc21. The first kappa shape index (κ1) is 14.2. The van der Waals surface area contributed by atoms with Crippen LogP contribution in [0.15, 0.2) is 18.5 Å². The smallest absolute Gasteiger partial charge is 0.192 e. The number of rotatable bonds is 3. The molecule has 0 N–H and O–H groups in total. The predicted molar refractivity (Wildman–Crippen MR) is 80.5 cm³/mol. The lowest BCUT2D eigenvalue weighted by molar-refractivity contribution is 0.264. The fraction of sp³-hybridized carbons (Fsp3) is 0.571. The van der Waals surface area contributed by atoms with Crippen molar-refractivity contribution in [2.24, 2.45) is 7.05 Å². The highest BCUT2D eigenvalue weighted by Crippen LogP contribution is 2.37. The third-order valence-electron chi connectivity index (χ3n) is 4.14. The summed E-state index contributed by atoms with van der Waals surface area (Å²) in [6, 6.07) is 1.98. The molecule has 0 aromatic carbocycles. The number of aryl methyl sites for hydroxylation is 1. The first-order chi connectivity index (χ1) is 8.72. The second-order valence-electron chi connectivity index (χ2n) is 6.50. The van der Waals surface area contributed by atoms with Crippen LogP contribution in [0.25, 0.3) is 11.0 Å². The van der Waals surface area contributed by atoms with E-state index < -0.39 is 8.32 Å². The molecule has 2 heterocycles. The van der Waals surface area contributed by atoms with Gasteiger partial charge in [0.05, 0.1) is 18.3 Å². The minimum Gasteiger partial charge on any atom is -0.409 e. The lowest BCUT2D eigenvalue weighted by Crippen LogP contribution is -2.40. The second kappa shape index (κ2) is 4.72. The van der Waals surface area contributed by atoms with Gasteiger partial charge in [-0.2, -0.15) is 0 Å². The van der Waals surface area contributed by atoms with Crippen molar-refractivity contribution in [3.05, 3.63) is 24.3 Å². The van der Waals surface area contributed by atoms with Gasteiger partial charge in [0.2, 0.25) is 0 Å². The number of imidazole rings is 1. The first-order valence-electron chi connectivity index (χ1n) is 6.62. The third kappa shape index (κ3) is 2.72. The van der Waals surface area contributed by atoms with Gasteiger partial charge in [0.1, 0.15) is 11.3 Å². The van der Waals surface area contributed by atoms with E-state index in [1.165, 1.54) is 0 Å². The molecule has 2 rings (SSSR count). The molecule has 0 amide bonds. The van der Waals surface area contributed by atoms with Crippen molar-refractivity contribution in [1.82, 2.24) is 14.5 Å². The molecule has 4 nitrogen and oxygen atoms in total. The lowest BCUT2D eigenvalue weighted by Gasteiger charge is -2.35. The Hall–Kier alpha value is -1.20. The largest absolute Gasteiger partial charge is 0.409 e. The van der Waals surface area contributed by atoms with Crippen LogP contribution < -0.4 is 0 Å². The van der Waals surface area contributed by atoms with E-state index in [4.69, 9.17) is 4.43 Å². The molecular weight excluding hydrogens is 254 g/mol. The van der Waals surface area contributed by atoms with E-state index in [9.17, 15) is 0 Å². The fourth-order valence-corrected chi connectivity index (χ4v) is 2.62. The van der Waals surface area contributed by atoms with Gasteiger partial charge < -0.3 is 8.99 Å². The van der Waals surface area contributed by atoms with Gasteiger partial charge in [-0.3, -0.25) is 4.98 Å². The van der Waals surface area contributed by atoms with Crippen LogP contribution in [-0.2, 0) is 18.1 Å². The molecule has 0 radical (unpaired) electrons. The van der Waals surface area contributed by atoms with Gasteiger partial charge in [0, 0.05) is 13.2 Å². The molecule has 0 aliphatic rings. The molecule has 104 valence electrons. The van der Waals surface area contributed by atoms with Gasteiger partial charge in [-0.05, 0) is 24.2 Å². The minimum absolute atomic E-state index is 0.221. The molecule has 0 atom stereocenters. The quantitative estimate of drug-likeness (QED) is 0.806. The number of nitrogens with zero attached hydrogens (tertiary/aromatic N) is 3. The Labute approximate surface area is 116 Å². The zero-order chi connectivity index (χ0) is 14.3. The van der Waals surface area contributed by atoms with Gasteiger partial charge in [0.25, 0.3) is 0 Å². The van der Waals surface area contributed by atoms with Crippen LogP contribution in [-0.4, -0.2) is 22.9 Å². The van der Waals surface area contributed by atoms with Crippen molar-refractivity contribution < 1.29 is 4.43 Å². The van der Waals surface area contributed by atoms with E-state index in [0.29, 0.717) is 6.61 Å². The molecule has 0 saturated heterocycles. The van der Waals surface area contributed by atoms with Gasteiger partial charge >= 0.3 is 0 Å².